The first-order chi connectivity index (χ1) is 12.2. The van der Waals surface area contributed by atoms with Gasteiger partial charge in [0.2, 0.25) is 0 Å². The Kier molecular flexibility index (Phi) is 6.12. The molecule has 1 fully saturated rings. The van der Waals surface area contributed by atoms with Crippen molar-refractivity contribution >= 4 is 0 Å². The van der Waals surface area contributed by atoms with Gasteiger partial charge >= 0.3 is 0 Å². The molecule has 7 nitrogen and oxygen atoms in total. The van der Waals surface area contributed by atoms with E-state index < -0.39 is 0 Å². The maximum absolute atomic E-state index is 9.03. The number of hydrogen-bond acceptors (Lipinski definition) is 6. The number of aliphatic hydroxyl groups excluding tert-OH is 1. The maximum atomic E-state index is 9.03. The number of likely N-dealkylation sites (N-methyl/N-ethyl adjacent to an activating group) is 1. The summed E-state index contributed by atoms with van der Waals surface area (Å²) in [5.74, 6) is 2.53. The van der Waals surface area contributed by atoms with Crippen molar-refractivity contribution in [3.8, 4) is 0 Å². The molecule has 0 aliphatic carbocycles. The lowest BCUT2D eigenvalue weighted by Gasteiger charge is -2.31. The Bertz CT molecular complexity index is 651. The Balaban J connectivity index is 1.55. The fraction of sp³-hybridized carbons (Fsp3) is 0.611. The normalized spacial score (nSPS) is 16.6. The van der Waals surface area contributed by atoms with E-state index in [0.29, 0.717) is 19.0 Å². The monoisotopic (exact) mass is 344 g/mol. The molecule has 136 valence electrons. The van der Waals surface area contributed by atoms with Crippen molar-refractivity contribution in [1.29, 1.82) is 0 Å². The molecular formula is C18H28N6O. The number of hydrogen-bond donors (Lipinski definition) is 1. The molecule has 0 saturated carbocycles. The van der Waals surface area contributed by atoms with E-state index in [0.717, 1.165) is 44.1 Å². The van der Waals surface area contributed by atoms with Crippen molar-refractivity contribution in [2.75, 3.05) is 33.3 Å². The molecule has 0 aromatic carbocycles. The minimum absolute atomic E-state index is 0.164. The van der Waals surface area contributed by atoms with Crippen LogP contribution in [0, 0.1) is 0 Å². The summed E-state index contributed by atoms with van der Waals surface area (Å²) in [5.41, 5.74) is 1.32. The molecule has 0 spiro atoms. The van der Waals surface area contributed by atoms with Crippen LogP contribution in [0.1, 0.15) is 36.0 Å². The third kappa shape index (κ3) is 4.62. The van der Waals surface area contributed by atoms with E-state index in [1.807, 2.05) is 19.4 Å². The van der Waals surface area contributed by atoms with Gasteiger partial charge in [0.05, 0.1) is 13.2 Å². The molecule has 7 heteroatoms. The quantitative estimate of drug-likeness (QED) is 0.808. The second kappa shape index (κ2) is 8.51. The summed E-state index contributed by atoms with van der Waals surface area (Å²) in [7, 11) is 4.04. The van der Waals surface area contributed by atoms with Crippen LogP contribution in [0.25, 0.3) is 0 Å². The van der Waals surface area contributed by atoms with E-state index in [1.54, 1.807) is 0 Å². The van der Waals surface area contributed by atoms with Gasteiger partial charge in [-0.3, -0.25) is 14.8 Å². The number of aromatic nitrogens is 4. The molecule has 25 heavy (non-hydrogen) atoms. The second-order valence-electron chi connectivity index (χ2n) is 6.90. The molecule has 0 amide bonds. The van der Waals surface area contributed by atoms with Crippen LogP contribution in [0.4, 0.5) is 0 Å². The number of pyridine rings is 1. The number of aliphatic hydroxyl groups is 1. The molecule has 1 saturated heterocycles. The molecule has 0 unspecified atom stereocenters. The lowest BCUT2D eigenvalue weighted by molar-refractivity contribution is 0.199. The molecule has 0 bridgehead atoms. The molecule has 1 N–H and O–H groups in total. The van der Waals surface area contributed by atoms with Crippen LogP contribution in [0.5, 0.6) is 0 Å². The molecule has 1 aliphatic heterocycles. The van der Waals surface area contributed by atoms with Gasteiger partial charge in [0.25, 0.3) is 0 Å². The lowest BCUT2D eigenvalue weighted by Crippen LogP contribution is -2.33. The topological polar surface area (TPSA) is 70.3 Å². The Morgan fingerprint density at radius 1 is 1.20 bits per heavy atom. The van der Waals surface area contributed by atoms with Crippen LogP contribution in [0.2, 0.25) is 0 Å². The van der Waals surface area contributed by atoms with Gasteiger partial charge in [-0.1, -0.05) is 0 Å². The zero-order valence-corrected chi connectivity index (χ0v) is 15.2. The Morgan fingerprint density at radius 3 is 2.60 bits per heavy atom. The van der Waals surface area contributed by atoms with Gasteiger partial charge in [0.15, 0.2) is 0 Å². The summed E-state index contributed by atoms with van der Waals surface area (Å²) in [5, 5.41) is 17.9. The highest BCUT2D eigenvalue weighted by atomic mass is 16.3. The first-order valence-corrected chi connectivity index (χ1v) is 8.96. The molecule has 3 heterocycles. The van der Waals surface area contributed by atoms with Gasteiger partial charge in [-0.2, -0.15) is 0 Å². The molecule has 0 atom stereocenters. The Hall–Kier alpha value is -1.83. The SMILES string of the molecule is CN(CCO)Cc1nnc(C2CCN(Cc3ccncc3)CC2)n1C. The maximum Gasteiger partial charge on any atom is 0.146 e. The molecule has 1 aliphatic rings. The first-order valence-electron chi connectivity index (χ1n) is 8.96. The van der Waals surface area contributed by atoms with Crippen molar-refractivity contribution in [2.24, 2.45) is 7.05 Å². The van der Waals surface area contributed by atoms with Gasteiger partial charge in [0, 0.05) is 38.4 Å². The Labute approximate surface area is 149 Å². The number of nitrogens with zero attached hydrogens (tertiary/aromatic N) is 6. The predicted molar refractivity (Wildman–Crippen MR) is 95.9 cm³/mol. The molecule has 2 aromatic heterocycles. The first kappa shape index (κ1) is 18.0. The summed E-state index contributed by atoms with van der Waals surface area (Å²) in [4.78, 5) is 8.64. The average Bonchev–Trinajstić information content (AvgIpc) is 2.97. The standard InChI is InChI=1S/C18H28N6O/c1-22(11-12-25)14-17-20-21-18(23(17)2)16-5-9-24(10-6-16)13-15-3-7-19-8-4-15/h3-4,7-8,16,25H,5-6,9-14H2,1-2H3. The fourth-order valence-corrected chi connectivity index (χ4v) is 3.46. The van der Waals surface area contributed by atoms with Crippen molar-refractivity contribution in [1.82, 2.24) is 29.5 Å². The summed E-state index contributed by atoms with van der Waals surface area (Å²) in [6.07, 6.45) is 5.95. The average molecular weight is 344 g/mol. The predicted octanol–water partition coefficient (Wildman–Crippen LogP) is 1.01. The zero-order valence-electron chi connectivity index (χ0n) is 15.2. The fourth-order valence-electron chi connectivity index (χ4n) is 3.46. The van der Waals surface area contributed by atoms with Gasteiger partial charge in [-0.05, 0) is 50.7 Å². The van der Waals surface area contributed by atoms with Crippen LogP contribution in [-0.4, -0.2) is 67.9 Å². The minimum Gasteiger partial charge on any atom is -0.395 e. The van der Waals surface area contributed by atoms with E-state index >= 15 is 0 Å². The molecule has 2 aromatic rings. The number of piperidine rings is 1. The van der Waals surface area contributed by atoms with Crippen molar-refractivity contribution < 1.29 is 5.11 Å². The van der Waals surface area contributed by atoms with Crippen molar-refractivity contribution in [2.45, 2.75) is 31.8 Å². The van der Waals surface area contributed by atoms with Gasteiger partial charge in [-0.15, -0.1) is 10.2 Å². The highest BCUT2D eigenvalue weighted by Gasteiger charge is 2.25. The van der Waals surface area contributed by atoms with Crippen LogP contribution in [0.3, 0.4) is 0 Å². The van der Waals surface area contributed by atoms with Crippen LogP contribution in [0.15, 0.2) is 24.5 Å². The van der Waals surface area contributed by atoms with Gasteiger partial charge in [0.1, 0.15) is 11.6 Å². The zero-order chi connectivity index (χ0) is 17.6. The van der Waals surface area contributed by atoms with Crippen molar-refractivity contribution in [3.63, 3.8) is 0 Å². The third-order valence-corrected chi connectivity index (χ3v) is 5.00. The molecular weight excluding hydrogens is 316 g/mol. The van der Waals surface area contributed by atoms with Gasteiger partial charge in [-0.25, -0.2) is 0 Å². The summed E-state index contributed by atoms with van der Waals surface area (Å²) in [6.45, 7) is 4.68. The van der Waals surface area contributed by atoms with E-state index in [-0.39, 0.29) is 6.61 Å². The van der Waals surface area contributed by atoms with E-state index in [1.165, 1.54) is 5.56 Å². The van der Waals surface area contributed by atoms with E-state index in [4.69, 9.17) is 5.11 Å². The van der Waals surface area contributed by atoms with E-state index in [2.05, 4.69) is 48.7 Å². The number of rotatable bonds is 7. The van der Waals surface area contributed by atoms with Crippen LogP contribution in [-0.2, 0) is 20.1 Å². The summed E-state index contributed by atoms with van der Waals surface area (Å²) < 4.78 is 2.14. The smallest absolute Gasteiger partial charge is 0.146 e. The van der Waals surface area contributed by atoms with Gasteiger partial charge < -0.3 is 9.67 Å². The largest absolute Gasteiger partial charge is 0.395 e. The second-order valence-corrected chi connectivity index (χ2v) is 6.90. The molecule has 3 rings (SSSR count). The summed E-state index contributed by atoms with van der Waals surface area (Å²) in [6, 6.07) is 4.17. The van der Waals surface area contributed by atoms with E-state index in [9.17, 15) is 0 Å². The lowest BCUT2D eigenvalue weighted by atomic mass is 9.95. The Morgan fingerprint density at radius 2 is 1.92 bits per heavy atom. The van der Waals surface area contributed by atoms with Crippen molar-refractivity contribution in [3.05, 3.63) is 41.7 Å². The molecule has 0 radical (unpaired) electrons. The third-order valence-electron chi connectivity index (χ3n) is 5.00. The minimum atomic E-state index is 0.164. The number of likely N-dealkylation sites (tertiary alicyclic amines) is 1. The van der Waals surface area contributed by atoms with Crippen LogP contribution < -0.4 is 0 Å². The summed E-state index contributed by atoms with van der Waals surface area (Å²) >= 11 is 0. The highest BCUT2D eigenvalue weighted by molar-refractivity contribution is 5.10. The highest BCUT2D eigenvalue weighted by Crippen LogP contribution is 2.27. The van der Waals surface area contributed by atoms with Crippen LogP contribution >= 0.6 is 0 Å².